The van der Waals surface area contributed by atoms with Gasteiger partial charge in [0.15, 0.2) is 0 Å². The lowest BCUT2D eigenvalue weighted by molar-refractivity contribution is -0.141. The molecule has 2 aliphatic heterocycles. The first-order valence-electron chi connectivity index (χ1n) is 28.6. The van der Waals surface area contributed by atoms with Gasteiger partial charge in [-0.1, -0.05) is 62.1 Å². The quantitative estimate of drug-likeness (QED) is 0.0551. The van der Waals surface area contributed by atoms with Crippen LogP contribution in [0.2, 0.25) is 0 Å². The average molecular weight is 1120 g/mol. The van der Waals surface area contributed by atoms with Gasteiger partial charge in [0.25, 0.3) is 11.8 Å². The van der Waals surface area contributed by atoms with Gasteiger partial charge < -0.3 is 52.3 Å². The van der Waals surface area contributed by atoms with Crippen molar-refractivity contribution in [3.63, 3.8) is 0 Å². The minimum absolute atomic E-state index is 0.0140. The van der Waals surface area contributed by atoms with E-state index in [1.807, 2.05) is 74.5 Å². The fourth-order valence-corrected chi connectivity index (χ4v) is 11.8. The SMILES string of the molecule is CN[C@@H](C)C(=O)N[C@H](C(=O)N1C[C@@H](NC(=O)c2ccc(C(=O)N[C@H]3C[C@@H](C(=O)Nc4cc(C)nn4-c4ccccc4)N(C(=O)[C@@H](NC(=O)[C@H](C)NC)C4CCCC4)C3)cc2)C[C@H]1C(=O)Nc1cc(C)nn1-c1ccccc1)C1CCCC1. The number of para-hydroxylation sites is 2. The Morgan fingerprint density at radius 3 is 1.21 bits per heavy atom. The van der Waals surface area contributed by atoms with Crippen molar-refractivity contribution in [1.29, 1.82) is 0 Å². The number of likely N-dealkylation sites (N-methyl/N-ethyl adjacent to an activating group) is 2. The van der Waals surface area contributed by atoms with E-state index in [1.165, 1.54) is 34.1 Å². The lowest BCUT2D eigenvalue weighted by Crippen LogP contribution is -2.57. The second kappa shape index (κ2) is 26.1. The number of nitrogens with one attached hydrogen (secondary N) is 8. The minimum Gasteiger partial charge on any atom is -0.347 e. The third kappa shape index (κ3) is 13.4. The maximum Gasteiger partial charge on any atom is 0.251 e. The van der Waals surface area contributed by atoms with Gasteiger partial charge in [-0.3, -0.25) is 38.4 Å². The molecule has 5 aromatic rings. The summed E-state index contributed by atoms with van der Waals surface area (Å²) in [6.45, 7) is 7.01. The minimum atomic E-state index is -1.03. The number of aryl methyl sites for hydroxylation is 2. The van der Waals surface area contributed by atoms with Crippen LogP contribution in [0.15, 0.2) is 97.1 Å². The molecule has 2 aromatic heterocycles. The largest absolute Gasteiger partial charge is 0.347 e. The van der Waals surface area contributed by atoms with Gasteiger partial charge in [0.2, 0.25) is 35.4 Å². The number of nitrogens with zero attached hydrogens (tertiary/aromatic N) is 6. The summed E-state index contributed by atoms with van der Waals surface area (Å²) in [5.74, 6) is -2.93. The molecule has 22 heteroatoms. The summed E-state index contributed by atoms with van der Waals surface area (Å²) < 4.78 is 3.23. The average Bonchev–Trinajstić information content (AvgIpc) is 4.50. The van der Waals surface area contributed by atoms with E-state index in [9.17, 15) is 38.4 Å². The van der Waals surface area contributed by atoms with E-state index < -0.39 is 83.8 Å². The molecule has 8 N–H and O–H groups in total. The van der Waals surface area contributed by atoms with E-state index in [4.69, 9.17) is 0 Å². The van der Waals surface area contributed by atoms with Gasteiger partial charge in [-0.2, -0.15) is 10.2 Å². The summed E-state index contributed by atoms with van der Waals surface area (Å²) in [6.07, 6.45) is 6.69. The maximum absolute atomic E-state index is 14.8. The molecule has 2 saturated heterocycles. The molecule has 22 nitrogen and oxygen atoms in total. The normalized spacial score (nSPS) is 20.6. The molecular weight excluding hydrogens is 1040 g/mol. The summed E-state index contributed by atoms with van der Waals surface area (Å²) in [7, 11) is 3.33. The number of aromatic nitrogens is 4. The van der Waals surface area contributed by atoms with Gasteiger partial charge in [0, 0.05) is 48.4 Å². The third-order valence-corrected chi connectivity index (χ3v) is 16.5. The van der Waals surface area contributed by atoms with Crippen molar-refractivity contribution in [2.45, 2.75) is 140 Å². The Kier molecular flexibility index (Phi) is 18.6. The number of carbonyl (C=O) groups is 8. The van der Waals surface area contributed by atoms with Crippen LogP contribution in [0.4, 0.5) is 11.6 Å². The molecule has 2 aliphatic carbocycles. The number of anilines is 2. The molecule has 0 unspecified atom stereocenters. The number of hydrogen-bond acceptors (Lipinski definition) is 12. The number of likely N-dealkylation sites (tertiary alicyclic amines) is 2. The van der Waals surface area contributed by atoms with E-state index in [1.54, 1.807) is 49.4 Å². The van der Waals surface area contributed by atoms with Crippen molar-refractivity contribution < 1.29 is 38.4 Å². The Labute approximate surface area is 477 Å². The van der Waals surface area contributed by atoms with Gasteiger partial charge in [0.1, 0.15) is 35.8 Å². The molecule has 4 fully saturated rings. The Morgan fingerprint density at radius 1 is 0.512 bits per heavy atom. The topological polar surface area (TPSA) is 275 Å². The van der Waals surface area contributed by atoms with Gasteiger partial charge in [-0.15, -0.1) is 0 Å². The van der Waals surface area contributed by atoms with Crippen molar-refractivity contribution in [3.05, 3.63) is 120 Å². The molecule has 2 saturated carbocycles. The summed E-state index contributed by atoms with van der Waals surface area (Å²) in [6, 6.07) is 21.8. The van der Waals surface area contributed by atoms with E-state index in [0.29, 0.717) is 23.0 Å². The van der Waals surface area contributed by atoms with Crippen LogP contribution in [0.25, 0.3) is 11.4 Å². The fraction of sp³-hybridized carbons (Fsp3) is 0.467. The van der Waals surface area contributed by atoms with E-state index in [2.05, 4.69) is 52.7 Å². The highest BCUT2D eigenvalue weighted by Gasteiger charge is 2.47. The van der Waals surface area contributed by atoms with Gasteiger partial charge in [0.05, 0.1) is 34.8 Å². The molecule has 3 aromatic carbocycles. The lowest BCUT2D eigenvalue weighted by atomic mass is 9.96. The smallest absolute Gasteiger partial charge is 0.251 e. The van der Waals surface area contributed by atoms with Gasteiger partial charge >= 0.3 is 0 Å². The van der Waals surface area contributed by atoms with Crippen LogP contribution >= 0.6 is 0 Å². The zero-order valence-electron chi connectivity index (χ0n) is 47.4. The van der Waals surface area contributed by atoms with E-state index >= 15 is 0 Å². The molecule has 82 heavy (non-hydrogen) atoms. The van der Waals surface area contributed by atoms with Crippen LogP contribution in [-0.4, -0.2) is 152 Å². The number of carbonyl (C=O) groups excluding carboxylic acids is 8. The molecule has 434 valence electrons. The number of rotatable bonds is 20. The predicted octanol–water partition coefficient (Wildman–Crippen LogP) is 3.92. The Morgan fingerprint density at radius 2 is 0.866 bits per heavy atom. The summed E-state index contributed by atoms with van der Waals surface area (Å²) >= 11 is 0. The zero-order chi connectivity index (χ0) is 58.2. The Bertz CT molecular complexity index is 2910. The van der Waals surface area contributed by atoms with Crippen LogP contribution < -0.4 is 42.5 Å². The zero-order valence-corrected chi connectivity index (χ0v) is 47.4. The van der Waals surface area contributed by atoms with E-state index in [0.717, 1.165) is 62.7 Å². The molecular formula is C60H76N14O8. The van der Waals surface area contributed by atoms with E-state index in [-0.39, 0.29) is 60.7 Å². The fourth-order valence-electron chi connectivity index (χ4n) is 11.8. The highest BCUT2D eigenvalue weighted by molar-refractivity contribution is 6.02. The summed E-state index contributed by atoms with van der Waals surface area (Å²) in [4.78, 5) is 117. The lowest BCUT2D eigenvalue weighted by Gasteiger charge is -2.32. The molecule has 0 bridgehead atoms. The van der Waals surface area contributed by atoms with Crippen LogP contribution in [0.5, 0.6) is 0 Å². The number of hydrogen-bond donors (Lipinski definition) is 8. The molecule has 0 radical (unpaired) electrons. The molecule has 8 amide bonds. The van der Waals surface area contributed by atoms with Crippen molar-refractivity contribution >= 4 is 58.9 Å². The second-order valence-electron chi connectivity index (χ2n) is 22.3. The second-order valence-corrected chi connectivity index (χ2v) is 22.3. The van der Waals surface area contributed by atoms with Crippen molar-refractivity contribution in [1.82, 2.24) is 61.3 Å². The summed E-state index contributed by atoms with van der Waals surface area (Å²) in [5, 5.41) is 33.1. The molecule has 4 heterocycles. The highest BCUT2D eigenvalue weighted by atomic mass is 16.2. The van der Waals surface area contributed by atoms with Crippen molar-refractivity contribution in [2.75, 3.05) is 37.8 Å². The monoisotopic (exact) mass is 1120 g/mol. The van der Waals surface area contributed by atoms with Crippen LogP contribution in [0.1, 0.15) is 110 Å². The van der Waals surface area contributed by atoms with Crippen LogP contribution in [-0.2, 0) is 28.8 Å². The molecule has 0 spiro atoms. The first-order valence-corrected chi connectivity index (χ1v) is 28.6. The van der Waals surface area contributed by atoms with Crippen molar-refractivity contribution in [2.24, 2.45) is 11.8 Å². The molecule has 9 rings (SSSR count). The summed E-state index contributed by atoms with van der Waals surface area (Å²) in [5.41, 5.74) is 3.19. The third-order valence-electron chi connectivity index (χ3n) is 16.5. The maximum atomic E-state index is 14.8. The van der Waals surface area contributed by atoms with Crippen LogP contribution in [0, 0.1) is 25.7 Å². The van der Waals surface area contributed by atoms with Crippen LogP contribution in [0.3, 0.4) is 0 Å². The van der Waals surface area contributed by atoms with Crippen molar-refractivity contribution in [3.8, 4) is 11.4 Å². The first-order chi connectivity index (χ1) is 39.5. The molecule has 4 aliphatic rings. The Balaban J connectivity index is 0.909. The first kappa shape index (κ1) is 58.4. The standard InChI is InChI=1S/C60H76N14O8/c1-35-29-49(73(69-35)45-21-9-7-10-22-45)65-57(79)47-31-43(33-71(47)59(81)51(39-17-13-14-18-39)67-53(75)37(3)61-5)63-55(77)41-25-27-42(28-26-41)56(78)64-44-32-48(58(80)66-50-30-36(2)70-74(50)46-23-11-8-12-24-46)72(34-44)60(82)52(40-19-15-16-20-40)68-54(76)38(4)62-6/h7-12,21-30,37-40,43-44,47-48,51-52,61-62H,13-20,31-34H2,1-6H3,(H,63,77)(H,64,78)(H,65,79)(H,66,80)(H,67,75)(H,68,76)/t37-,38-,43-,44-,47-,48-,51-,52-/m0/s1. The van der Waals surface area contributed by atoms with Gasteiger partial charge in [-0.05, 0) is 141 Å². The number of amides is 8. The number of benzene rings is 3. The highest BCUT2D eigenvalue weighted by Crippen LogP contribution is 2.33. The van der Waals surface area contributed by atoms with Gasteiger partial charge in [-0.25, -0.2) is 9.36 Å². The molecule has 8 atom stereocenters. The Hall–Kier alpha value is -8.24. The predicted molar refractivity (Wildman–Crippen MR) is 308 cm³/mol.